The molecule has 0 radical (unpaired) electrons. The van der Waals surface area contributed by atoms with Gasteiger partial charge in [0.2, 0.25) is 0 Å². The fourth-order valence-corrected chi connectivity index (χ4v) is 2.68. The molecule has 2 heterocycles. The van der Waals surface area contributed by atoms with E-state index in [1.807, 2.05) is 0 Å². The number of hydrogen-bond donors (Lipinski definition) is 1. The summed E-state index contributed by atoms with van der Waals surface area (Å²) < 4.78 is 40.5. The average molecular weight is 348 g/mol. The van der Waals surface area contributed by atoms with Gasteiger partial charge < -0.3 is 14.9 Å². The maximum absolute atomic E-state index is 12.9. The van der Waals surface area contributed by atoms with E-state index in [2.05, 4.69) is 0 Å². The number of carboxylic acid groups (broad SMARTS) is 1. The number of aromatic nitrogens is 2. The summed E-state index contributed by atoms with van der Waals surface area (Å²) in [6.45, 7) is -1.45. The lowest BCUT2D eigenvalue weighted by Gasteiger charge is -2.29. The first-order valence-electron chi connectivity index (χ1n) is 6.73. The minimum atomic E-state index is -4.62. The Bertz CT molecular complexity index is 824. The lowest BCUT2D eigenvalue weighted by atomic mass is 10.3. The van der Waals surface area contributed by atoms with Crippen LogP contribution in [0.25, 0.3) is 0 Å². The van der Waals surface area contributed by atoms with Crippen molar-refractivity contribution in [2.75, 3.05) is 23.4 Å². The van der Waals surface area contributed by atoms with Crippen molar-refractivity contribution in [3.05, 3.63) is 33.0 Å². The van der Waals surface area contributed by atoms with Crippen LogP contribution in [-0.2, 0) is 18.9 Å². The Kier molecular flexibility index (Phi) is 4.21. The van der Waals surface area contributed by atoms with Crippen molar-refractivity contribution in [3.8, 4) is 0 Å². The van der Waals surface area contributed by atoms with Gasteiger partial charge in [-0.2, -0.15) is 13.2 Å². The topological polar surface area (TPSA) is 87.8 Å². The largest absolute Gasteiger partial charge is 0.478 e. The number of rotatable bonds is 3. The molecule has 11 heteroatoms. The lowest BCUT2D eigenvalue weighted by molar-refractivity contribution is -0.131. The van der Waals surface area contributed by atoms with Crippen molar-refractivity contribution in [2.24, 2.45) is 14.1 Å². The average Bonchev–Trinajstić information content (AvgIpc) is 2.71. The van der Waals surface area contributed by atoms with E-state index >= 15 is 0 Å². The van der Waals surface area contributed by atoms with Crippen LogP contribution in [0.3, 0.4) is 0 Å². The number of likely N-dealkylation sites (N-methyl/N-ethyl adjacent to an activating group) is 1. The highest BCUT2D eigenvalue weighted by Crippen LogP contribution is 2.37. The molecule has 1 N–H and O–H groups in total. The third kappa shape index (κ3) is 2.88. The zero-order valence-corrected chi connectivity index (χ0v) is 13.0. The normalized spacial score (nSPS) is 17.7. The molecule has 8 nitrogen and oxygen atoms in total. The van der Waals surface area contributed by atoms with Gasteiger partial charge in [0.05, 0.1) is 0 Å². The van der Waals surface area contributed by atoms with E-state index in [-0.39, 0.29) is 11.5 Å². The van der Waals surface area contributed by atoms with E-state index < -0.39 is 36.1 Å². The highest BCUT2D eigenvalue weighted by Gasteiger charge is 2.43. The van der Waals surface area contributed by atoms with Crippen LogP contribution in [0, 0.1) is 0 Å². The van der Waals surface area contributed by atoms with Crippen LogP contribution < -0.4 is 21.0 Å². The summed E-state index contributed by atoms with van der Waals surface area (Å²) in [5.74, 6) is -1.55. The SMILES string of the molecule is CN1c2c(n(C)c(=O)n(C)c2=O)N(CC(F)(F)F)C1/C=C/C(=O)O. The predicted molar refractivity (Wildman–Crippen MR) is 79.3 cm³/mol. The second-order valence-electron chi connectivity index (χ2n) is 5.34. The standard InChI is InChI=1S/C13H15F3N4O4/c1-17-7(4-5-8(21)22)20(6-13(14,15)16)10-9(17)11(23)19(3)12(24)18(10)2/h4-5,7H,6H2,1-3H3,(H,21,22)/b5-4+. The Morgan fingerprint density at radius 1 is 1.21 bits per heavy atom. The number of carboxylic acids is 1. The van der Waals surface area contributed by atoms with E-state index in [1.165, 1.54) is 26.0 Å². The molecular weight excluding hydrogens is 333 g/mol. The molecule has 1 aromatic heterocycles. The zero-order valence-electron chi connectivity index (χ0n) is 13.0. The van der Waals surface area contributed by atoms with Crippen molar-refractivity contribution in [3.63, 3.8) is 0 Å². The Balaban J connectivity index is 2.72. The molecular formula is C13H15F3N4O4. The molecule has 0 amide bonds. The third-order valence-corrected chi connectivity index (χ3v) is 3.71. The quantitative estimate of drug-likeness (QED) is 0.766. The molecule has 0 bridgehead atoms. The third-order valence-electron chi connectivity index (χ3n) is 3.71. The fraction of sp³-hybridized carbons (Fsp3) is 0.462. The summed E-state index contributed by atoms with van der Waals surface area (Å²) in [6, 6.07) is 0. The molecule has 1 atom stereocenters. The van der Waals surface area contributed by atoms with Gasteiger partial charge in [-0.05, 0) is 6.08 Å². The van der Waals surface area contributed by atoms with E-state index in [0.717, 1.165) is 20.1 Å². The van der Waals surface area contributed by atoms with Crippen LogP contribution in [0.5, 0.6) is 0 Å². The van der Waals surface area contributed by atoms with Crippen LogP contribution in [0.15, 0.2) is 21.7 Å². The number of nitrogens with zero attached hydrogens (tertiary/aromatic N) is 4. The minimum Gasteiger partial charge on any atom is -0.478 e. The summed E-state index contributed by atoms with van der Waals surface area (Å²) in [4.78, 5) is 37.0. The summed E-state index contributed by atoms with van der Waals surface area (Å²) in [6.07, 6.45) is -4.07. The van der Waals surface area contributed by atoms with Gasteiger partial charge in [-0.1, -0.05) is 0 Å². The predicted octanol–water partition coefficient (Wildman–Crippen LogP) is -0.131. The Hall–Kier alpha value is -2.72. The number of aliphatic carboxylic acids is 1. The van der Waals surface area contributed by atoms with Gasteiger partial charge in [-0.25, -0.2) is 9.59 Å². The van der Waals surface area contributed by atoms with Crippen LogP contribution in [0.2, 0.25) is 0 Å². The van der Waals surface area contributed by atoms with Gasteiger partial charge in [-0.3, -0.25) is 13.9 Å². The Morgan fingerprint density at radius 2 is 1.79 bits per heavy atom. The number of halogens is 3. The fourth-order valence-electron chi connectivity index (χ4n) is 2.68. The van der Waals surface area contributed by atoms with Gasteiger partial charge in [0.25, 0.3) is 5.56 Å². The second-order valence-corrected chi connectivity index (χ2v) is 5.34. The molecule has 1 unspecified atom stereocenters. The Morgan fingerprint density at radius 3 is 2.29 bits per heavy atom. The summed E-state index contributed by atoms with van der Waals surface area (Å²) in [5, 5.41) is 8.73. The minimum absolute atomic E-state index is 0.108. The number of carbonyl (C=O) groups is 1. The first-order valence-corrected chi connectivity index (χ1v) is 6.73. The van der Waals surface area contributed by atoms with Crippen molar-refractivity contribution in [1.82, 2.24) is 9.13 Å². The lowest BCUT2D eigenvalue weighted by Crippen LogP contribution is -2.45. The van der Waals surface area contributed by atoms with Crippen LogP contribution in [0.4, 0.5) is 24.7 Å². The highest BCUT2D eigenvalue weighted by atomic mass is 19.4. The van der Waals surface area contributed by atoms with Gasteiger partial charge in [0, 0.05) is 27.2 Å². The molecule has 2 rings (SSSR count). The zero-order chi connectivity index (χ0) is 18.4. The van der Waals surface area contributed by atoms with Crippen molar-refractivity contribution < 1.29 is 23.1 Å². The van der Waals surface area contributed by atoms with E-state index in [4.69, 9.17) is 5.11 Å². The molecule has 0 aliphatic carbocycles. The molecule has 24 heavy (non-hydrogen) atoms. The van der Waals surface area contributed by atoms with Gasteiger partial charge >= 0.3 is 17.8 Å². The molecule has 0 spiro atoms. The van der Waals surface area contributed by atoms with E-state index in [1.54, 1.807) is 0 Å². The van der Waals surface area contributed by atoms with Crippen LogP contribution in [0.1, 0.15) is 0 Å². The van der Waals surface area contributed by atoms with Gasteiger partial charge in [-0.15, -0.1) is 0 Å². The number of fused-ring (bicyclic) bond motifs is 1. The first kappa shape index (κ1) is 17.6. The first-order chi connectivity index (χ1) is 11.0. The molecule has 0 fully saturated rings. The maximum atomic E-state index is 12.9. The number of anilines is 2. The highest BCUT2D eigenvalue weighted by molar-refractivity contribution is 5.81. The van der Waals surface area contributed by atoms with Gasteiger partial charge in [0.1, 0.15) is 24.2 Å². The second kappa shape index (κ2) is 5.73. The molecule has 0 saturated heterocycles. The van der Waals surface area contributed by atoms with Crippen LogP contribution in [-0.4, -0.2) is 46.1 Å². The molecule has 0 saturated carbocycles. The molecule has 0 aromatic carbocycles. The van der Waals surface area contributed by atoms with Gasteiger partial charge in [0.15, 0.2) is 0 Å². The summed E-state index contributed by atoms with van der Waals surface area (Å²) in [5.41, 5.74) is -1.64. The number of alkyl halides is 3. The maximum Gasteiger partial charge on any atom is 0.406 e. The summed E-state index contributed by atoms with van der Waals surface area (Å²) >= 11 is 0. The smallest absolute Gasteiger partial charge is 0.406 e. The Labute approximate surface area is 133 Å². The summed E-state index contributed by atoms with van der Waals surface area (Å²) in [7, 11) is 3.83. The molecule has 1 aromatic rings. The molecule has 1 aliphatic heterocycles. The molecule has 1 aliphatic rings. The van der Waals surface area contributed by atoms with Crippen molar-refractivity contribution >= 4 is 17.5 Å². The molecule has 132 valence electrons. The van der Waals surface area contributed by atoms with Crippen molar-refractivity contribution in [1.29, 1.82) is 0 Å². The van der Waals surface area contributed by atoms with E-state index in [9.17, 15) is 27.6 Å². The van der Waals surface area contributed by atoms with Crippen LogP contribution >= 0.6 is 0 Å². The van der Waals surface area contributed by atoms with Crippen molar-refractivity contribution in [2.45, 2.75) is 12.3 Å². The van der Waals surface area contributed by atoms with E-state index in [0.29, 0.717) is 6.08 Å². The number of hydrogen-bond acceptors (Lipinski definition) is 5. The monoisotopic (exact) mass is 348 g/mol.